The molecule has 0 aliphatic carbocycles. The summed E-state index contributed by atoms with van der Waals surface area (Å²) in [6.45, 7) is 0. The van der Waals surface area contributed by atoms with E-state index in [0.29, 0.717) is 6.42 Å². The second-order valence-corrected chi connectivity index (χ2v) is 3.44. The van der Waals surface area contributed by atoms with Crippen molar-refractivity contribution in [2.75, 3.05) is 7.11 Å². The number of H-pyrrole nitrogens is 1. The summed E-state index contributed by atoms with van der Waals surface area (Å²) in [5.74, 6) is -0.166. The van der Waals surface area contributed by atoms with Crippen molar-refractivity contribution < 1.29 is 11.0 Å². The first-order chi connectivity index (χ1) is 7.31. The first-order valence-electron chi connectivity index (χ1n) is 4.93. The summed E-state index contributed by atoms with van der Waals surface area (Å²) in [6.07, 6.45) is 3.10. The monoisotopic (exact) mass is 205 g/mol. The Balaban J connectivity index is 0.00000128. The molecule has 15 heavy (non-hydrogen) atoms. The maximum atomic E-state index is 11.0. The highest BCUT2D eigenvalue weighted by molar-refractivity contribution is 5.83. The maximum Gasteiger partial charge on any atom is 0.305 e. The molecule has 0 amide bonds. The first-order valence-corrected chi connectivity index (χ1v) is 4.93. The number of aromatic nitrogens is 1. The van der Waals surface area contributed by atoms with Crippen LogP contribution in [0, 0.1) is 0 Å². The number of aromatic amines is 1. The topological polar surface area (TPSA) is 42.1 Å². The number of fused-ring (bicyclic) bond motifs is 1. The molecule has 0 aliphatic heterocycles. The number of ether oxygens (including phenoxy) is 1. The lowest BCUT2D eigenvalue weighted by Crippen LogP contribution is -2.01. The van der Waals surface area contributed by atoms with Crippen molar-refractivity contribution >= 4 is 16.9 Å². The van der Waals surface area contributed by atoms with Crippen LogP contribution in [0.1, 0.15) is 13.4 Å². The molecule has 0 atom stereocenters. The summed E-state index contributed by atoms with van der Waals surface area (Å²) in [5.41, 5.74) is 2.27. The van der Waals surface area contributed by atoms with Crippen LogP contribution in [-0.4, -0.2) is 18.1 Å². The normalized spacial score (nSPS) is 10.5. The number of nitrogens with one attached hydrogen (secondary N) is 1. The predicted molar refractivity (Wildman–Crippen MR) is 60.7 cm³/mol. The molecule has 0 aliphatic rings. The van der Waals surface area contributed by atoms with Gasteiger partial charge in [-0.05, 0) is 18.1 Å². The van der Waals surface area contributed by atoms with Crippen LogP contribution >= 0.6 is 0 Å². The Kier molecular flexibility index (Phi) is 2.72. The number of para-hydroxylation sites is 1. The van der Waals surface area contributed by atoms with Gasteiger partial charge >= 0.3 is 5.97 Å². The van der Waals surface area contributed by atoms with E-state index in [0.717, 1.165) is 17.5 Å². The minimum Gasteiger partial charge on any atom is -0.469 e. The van der Waals surface area contributed by atoms with Crippen LogP contribution < -0.4 is 0 Å². The van der Waals surface area contributed by atoms with Crippen molar-refractivity contribution in [3.05, 3.63) is 36.0 Å². The summed E-state index contributed by atoms with van der Waals surface area (Å²) >= 11 is 0. The van der Waals surface area contributed by atoms with Gasteiger partial charge in [0, 0.05) is 24.9 Å². The van der Waals surface area contributed by atoms with E-state index in [1.807, 2.05) is 24.4 Å². The SMILES string of the molecule is COC(=O)CCc1c[nH]c2ccccc12.[HH]. The molecule has 2 aromatic rings. The van der Waals surface area contributed by atoms with Gasteiger partial charge in [0.15, 0.2) is 0 Å². The van der Waals surface area contributed by atoms with Crippen LogP contribution in [0.25, 0.3) is 10.9 Å². The molecule has 80 valence electrons. The lowest BCUT2D eigenvalue weighted by molar-refractivity contribution is -0.140. The van der Waals surface area contributed by atoms with Gasteiger partial charge in [0.05, 0.1) is 7.11 Å². The van der Waals surface area contributed by atoms with Crippen molar-refractivity contribution in [1.82, 2.24) is 4.98 Å². The molecule has 0 saturated carbocycles. The Morgan fingerprint density at radius 2 is 2.27 bits per heavy atom. The number of rotatable bonds is 3. The van der Waals surface area contributed by atoms with Crippen LogP contribution in [0.15, 0.2) is 30.5 Å². The summed E-state index contributed by atoms with van der Waals surface area (Å²) in [7, 11) is 1.41. The highest BCUT2D eigenvalue weighted by Crippen LogP contribution is 2.18. The van der Waals surface area contributed by atoms with Gasteiger partial charge in [-0.2, -0.15) is 0 Å². The van der Waals surface area contributed by atoms with Gasteiger partial charge < -0.3 is 9.72 Å². The van der Waals surface area contributed by atoms with E-state index in [-0.39, 0.29) is 7.40 Å². The van der Waals surface area contributed by atoms with E-state index in [1.54, 1.807) is 0 Å². The molecule has 0 spiro atoms. The molecule has 0 bridgehead atoms. The van der Waals surface area contributed by atoms with Crippen molar-refractivity contribution in [3.63, 3.8) is 0 Å². The van der Waals surface area contributed by atoms with Crippen LogP contribution in [-0.2, 0) is 16.0 Å². The molecule has 3 heteroatoms. The van der Waals surface area contributed by atoms with E-state index < -0.39 is 0 Å². The molecule has 2 rings (SSSR count). The number of hydrogen-bond donors (Lipinski definition) is 1. The Morgan fingerprint density at radius 1 is 1.47 bits per heavy atom. The number of benzene rings is 1. The average Bonchev–Trinajstić information content (AvgIpc) is 2.69. The Hall–Kier alpha value is -1.77. The van der Waals surface area contributed by atoms with Gasteiger partial charge in [-0.1, -0.05) is 18.2 Å². The smallest absolute Gasteiger partial charge is 0.305 e. The average molecular weight is 205 g/mol. The van der Waals surface area contributed by atoms with Gasteiger partial charge in [-0.3, -0.25) is 4.79 Å². The summed E-state index contributed by atoms with van der Waals surface area (Å²) < 4.78 is 4.61. The zero-order chi connectivity index (χ0) is 10.7. The first kappa shape index (κ1) is 9.77. The zero-order valence-corrected chi connectivity index (χ0v) is 8.62. The molecule has 1 aromatic heterocycles. The lowest BCUT2D eigenvalue weighted by atomic mass is 10.1. The number of hydrogen-bond acceptors (Lipinski definition) is 2. The van der Waals surface area contributed by atoms with E-state index in [9.17, 15) is 4.79 Å². The van der Waals surface area contributed by atoms with Gasteiger partial charge in [0.2, 0.25) is 0 Å². The molecule has 0 saturated heterocycles. The molecule has 0 unspecified atom stereocenters. The number of esters is 1. The predicted octanol–water partition coefficient (Wildman–Crippen LogP) is 2.52. The van der Waals surface area contributed by atoms with E-state index in [1.165, 1.54) is 12.5 Å². The highest BCUT2D eigenvalue weighted by atomic mass is 16.5. The highest BCUT2D eigenvalue weighted by Gasteiger charge is 2.05. The molecular formula is C12H15NO2. The minimum atomic E-state index is -0.166. The third-order valence-electron chi connectivity index (χ3n) is 2.50. The fourth-order valence-corrected chi connectivity index (χ4v) is 1.68. The quantitative estimate of drug-likeness (QED) is 0.782. The van der Waals surface area contributed by atoms with Crippen molar-refractivity contribution in [2.45, 2.75) is 12.8 Å². The second-order valence-electron chi connectivity index (χ2n) is 3.44. The van der Waals surface area contributed by atoms with Gasteiger partial charge in [-0.25, -0.2) is 0 Å². The Morgan fingerprint density at radius 3 is 3.07 bits per heavy atom. The van der Waals surface area contributed by atoms with E-state index in [2.05, 4.69) is 15.8 Å². The van der Waals surface area contributed by atoms with Crippen molar-refractivity contribution in [2.24, 2.45) is 0 Å². The third kappa shape index (κ3) is 2.01. The molecule has 0 fully saturated rings. The van der Waals surface area contributed by atoms with E-state index in [4.69, 9.17) is 0 Å². The number of carbonyl (C=O) groups excluding carboxylic acids is 1. The molecule has 1 aromatic carbocycles. The van der Waals surface area contributed by atoms with Gasteiger partial charge in [-0.15, -0.1) is 0 Å². The maximum absolute atomic E-state index is 11.0. The van der Waals surface area contributed by atoms with Crippen LogP contribution in [0.2, 0.25) is 0 Å². The molecule has 1 heterocycles. The minimum absolute atomic E-state index is 0. The Labute approximate surface area is 89.5 Å². The van der Waals surface area contributed by atoms with Gasteiger partial charge in [0.25, 0.3) is 0 Å². The van der Waals surface area contributed by atoms with Crippen LogP contribution in [0.5, 0.6) is 0 Å². The molecule has 0 radical (unpaired) electrons. The van der Waals surface area contributed by atoms with Crippen molar-refractivity contribution in [3.8, 4) is 0 Å². The molecule has 3 nitrogen and oxygen atoms in total. The van der Waals surface area contributed by atoms with E-state index >= 15 is 0 Å². The Bertz CT molecular complexity index is 479. The third-order valence-corrected chi connectivity index (χ3v) is 2.50. The largest absolute Gasteiger partial charge is 0.469 e. The summed E-state index contributed by atoms with van der Waals surface area (Å²) in [5, 5.41) is 1.18. The van der Waals surface area contributed by atoms with Crippen LogP contribution in [0.3, 0.4) is 0 Å². The number of methoxy groups -OCH3 is 1. The lowest BCUT2D eigenvalue weighted by Gasteiger charge is -1.98. The van der Waals surface area contributed by atoms with Crippen molar-refractivity contribution in [1.29, 1.82) is 0 Å². The second kappa shape index (κ2) is 4.17. The summed E-state index contributed by atoms with van der Waals surface area (Å²) in [6, 6.07) is 8.07. The molecule has 1 N–H and O–H groups in total. The fourth-order valence-electron chi connectivity index (χ4n) is 1.68. The summed E-state index contributed by atoms with van der Waals surface area (Å²) in [4.78, 5) is 14.2. The zero-order valence-electron chi connectivity index (χ0n) is 8.62. The van der Waals surface area contributed by atoms with Gasteiger partial charge in [0.1, 0.15) is 0 Å². The number of aryl methyl sites for hydroxylation is 1. The molecular weight excluding hydrogens is 190 g/mol. The standard InChI is InChI=1S/C12H13NO2.H2/c1-15-12(14)7-6-9-8-13-11-5-3-2-4-10(9)11;/h2-5,8,13H,6-7H2,1H3;1H. The fraction of sp³-hybridized carbons (Fsp3) is 0.250. The van der Waals surface area contributed by atoms with Crippen LogP contribution in [0.4, 0.5) is 0 Å². The number of carbonyl (C=O) groups is 1.